The highest BCUT2D eigenvalue weighted by Gasteiger charge is 2.26. The monoisotopic (exact) mass is 366 g/mol. The van der Waals surface area contributed by atoms with Crippen molar-refractivity contribution in [1.29, 1.82) is 0 Å². The van der Waals surface area contributed by atoms with Gasteiger partial charge in [-0.25, -0.2) is 0 Å². The lowest BCUT2D eigenvalue weighted by Gasteiger charge is -2.42. The van der Waals surface area contributed by atoms with Crippen LogP contribution in [-0.2, 0) is 14.3 Å². The van der Waals surface area contributed by atoms with Gasteiger partial charge < -0.3 is 19.4 Å². The van der Waals surface area contributed by atoms with Gasteiger partial charge in [-0.05, 0) is 39.4 Å². The van der Waals surface area contributed by atoms with E-state index in [0.717, 1.165) is 51.7 Å². The molecule has 7 nitrogen and oxygen atoms in total. The summed E-state index contributed by atoms with van der Waals surface area (Å²) >= 11 is 0. The summed E-state index contributed by atoms with van der Waals surface area (Å²) in [5, 5.41) is 0. The molecule has 0 saturated carbocycles. The topological polar surface area (TPSA) is 56.3 Å². The van der Waals surface area contributed by atoms with Gasteiger partial charge in [0.15, 0.2) is 0 Å². The highest BCUT2D eigenvalue weighted by molar-refractivity contribution is 5.78. The fourth-order valence-corrected chi connectivity index (χ4v) is 4.24. The molecule has 0 aliphatic carbocycles. The molecule has 148 valence electrons. The van der Waals surface area contributed by atoms with E-state index in [1.807, 2.05) is 0 Å². The third-order valence-electron chi connectivity index (χ3n) is 6.04. The Hall–Kier alpha value is -1.18. The average molecular weight is 367 g/mol. The summed E-state index contributed by atoms with van der Waals surface area (Å²) in [6.45, 7) is 9.18. The van der Waals surface area contributed by atoms with Crippen LogP contribution in [0.1, 0.15) is 32.1 Å². The number of nitrogens with zero attached hydrogens (tertiary/aromatic N) is 4. The van der Waals surface area contributed by atoms with E-state index >= 15 is 0 Å². The highest BCUT2D eigenvalue weighted by atomic mass is 16.5. The van der Waals surface area contributed by atoms with Gasteiger partial charge in [-0.1, -0.05) is 0 Å². The number of carbonyl (C=O) groups excluding carboxylic acids is 2. The maximum absolute atomic E-state index is 11.9. The van der Waals surface area contributed by atoms with Gasteiger partial charge in [0, 0.05) is 51.7 Å². The van der Waals surface area contributed by atoms with Gasteiger partial charge in [0.25, 0.3) is 0 Å². The van der Waals surface area contributed by atoms with Crippen LogP contribution in [0.15, 0.2) is 0 Å². The molecule has 0 radical (unpaired) electrons. The molecule has 0 aromatic heterocycles. The van der Waals surface area contributed by atoms with E-state index in [1.165, 1.54) is 25.9 Å². The van der Waals surface area contributed by atoms with E-state index < -0.39 is 0 Å². The normalized spacial score (nSPS) is 24.3. The molecule has 3 heterocycles. The number of piperidine rings is 1. The van der Waals surface area contributed by atoms with E-state index in [1.54, 1.807) is 4.90 Å². The molecule has 0 spiro atoms. The quantitative estimate of drug-likeness (QED) is 0.602. The van der Waals surface area contributed by atoms with Crippen LogP contribution in [0.3, 0.4) is 0 Å². The fraction of sp³-hybridized carbons (Fsp3) is 0.895. The molecule has 0 aromatic rings. The molecule has 3 aliphatic rings. The number of carbonyl (C=O) groups is 2. The Bertz CT molecular complexity index is 471. The molecule has 3 aliphatic heterocycles. The minimum absolute atomic E-state index is 0.144. The molecule has 0 N–H and O–H groups in total. The molecular formula is C19H34N4O3. The van der Waals surface area contributed by atoms with E-state index in [9.17, 15) is 9.59 Å². The van der Waals surface area contributed by atoms with Gasteiger partial charge in [-0.3, -0.25) is 14.5 Å². The summed E-state index contributed by atoms with van der Waals surface area (Å²) in [4.78, 5) is 32.6. The number of piperazine rings is 1. The van der Waals surface area contributed by atoms with Crippen molar-refractivity contribution in [2.75, 3.05) is 72.6 Å². The first-order chi connectivity index (χ1) is 12.6. The second-order valence-electron chi connectivity index (χ2n) is 7.87. The van der Waals surface area contributed by atoms with Gasteiger partial charge in [0.1, 0.15) is 6.61 Å². The Morgan fingerprint density at radius 2 is 1.77 bits per heavy atom. The predicted molar refractivity (Wildman–Crippen MR) is 99.9 cm³/mol. The summed E-state index contributed by atoms with van der Waals surface area (Å²) in [5.41, 5.74) is 0. The van der Waals surface area contributed by atoms with E-state index in [2.05, 4.69) is 21.7 Å². The summed E-state index contributed by atoms with van der Waals surface area (Å²) in [7, 11) is 2.20. The smallest absolute Gasteiger partial charge is 0.307 e. The first kappa shape index (κ1) is 19.6. The summed E-state index contributed by atoms with van der Waals surface area (Å²) in [5.74, 6) is 0.0397. The third kappa shape index (κ3) is 5.66. The number of hydrogen-bond acceptors (Lipinski definition) is 6. The number of hydrogen-bond donors (Lipinski definition) is 0. The average Bonchev–Trinajstić information content (AvgIpc) is 3.06. The van der Waals surface area contributed by atoms with Crippen molar-refractivity contribution in [3.8, 4) is 0 Å². The minimum atomic E-state index is -0.144. The molecule has 0 aromatic carbocycles. The van der Waals surface area contributed by atoms with Crippen molar-refractivity contribution in [2.24, 2.45) is 0 Å². The standard InChI is InChI=1S/C19H34N4O3/c1-20-8-4-17(5-9-20)22-13-11-21(12-14-22)10-6-19(25)26-16-15-23-7-2-3-18(23)24/h17H,2-16H2,1H3. The zero-order valence-electron chi connectivity index (χ0n) is 16.2. The Morgan fingerprint density at radius 3 is 2.42 bits per heavy atom. The third-order valence-corrected chi connectivity index (χ3v) is 6.04. The Balaban J connectivity index is 1.25. The van der Waals surface area contributed by atoms with Crippen LogP contribution in [-0.4, -0.2) is 110 Å². The molecule has 0 bridgehead atoms. The lowest BCUT2D eigenvalue weighted by molar-refractivity contribution is -0.145. The van der Waals surface area contributed by atoms with Crippen LogP contribution in [0, 0.1) is 0 Å². The van der Waals surface area contributed by atoms with Gasteiger partial charge in [0.05, 0.1) is 13.0 Å². The molecule has 26 heavy (non-hydrogen) atoms. The van der Waals surface area contributed by atoms with Crippen molar-refractivity contribution in [3.05, 3.63) is 0 Å². The van der Waals surface area contributed by atoms with Crippen LogP contribution >= 0.6 is 0 Å². The number of rotatable bonds is 7. The van der Waals surface area contributed by atoms with Crippen molar-refractivity contribution >= 4 is 11.9 Å². The minimum Gasteiger partial charge on any atom is -0.464 e. The van der Waals surface area contributed by atoms with Gasteiger partial charge in [-0.15, -0.1) is 0 Å². The number of esters is 1. The van der Waals surface area contributed by atoms with Crippen LogP contribution in [0.25, 0.3) is 0 Å². The molecule has 3 fully saturated rings. The summed E-state index contributed by atoms with van der Waals surface area (Å²) in [6.07, 6.45) is 4.57. The molecule has 3 saturated heterocycles. The molecule has 0 atom stereocenters. The zero-order valence-corrected chi connectivity index (χ0v) is 16.2. The van der Waals surface area contributed by atoms with Crippen LogP contribution in [0.4, 0.5) is 0 Å². The van der Waals surface area contributed by atoms with Crippen molar-refractivity contribution in [2.45, 2.75) is 38.1 Å². The Labute approximate surface area is 157 Å². The number of likely N-dealkylation sites (tertiary alicyclic amines) is 2. The summed E-state index contributed by atoms with van der Waals surface area (Å²) in [6, 6.07) is 0.742. The predicted octanol–water partition coefficient (Wildman–Crippen LogP) is 0.254. The lowest BCUT2D eigenvalue weighted by Crippen LogP contribution is -2.53. The Kier molecular flexibility index (Phi) is 7.28. The van der Waals surface area contributed by atoms with Crippen LogP contribution < -0.4 is 0 Å². The SMILES string of the molecule is CN1CCC(N2CCN(CCC(=O)OCCN3CCCC3=O)CC2)CC1. The Morgan fingerprint density at radius 1 is 1.04 bits per heavy atom. The van der Waals surface area contributed by atoms with Crippen LogP contribution in [0.5, 0.6) is 0 Å². The van der Waals surface area contributed by atoms with Gasteiger partial charge in [0.2, 0.25) is 5.91 Å². The molecular weight excluding hydrogens is 332 g/mol. The van der Waals surface area contributed by atoms with E-state index in [4.69, 9.17) is 4.74 Å². The van der Waals surface area contributed by atoms with E-state index in [-0.39, 0.29) is 11.9 Å². The molecule has 1 amide bonds. The molecule has 7 heteroatoms. The van der Waals surface area contributed by atoms with Crippen molar-refractivity contribution in [3.63, 3.8) is 0 Å². The van der Waals surface area contributed by atoms with Gasteiger partial charge >= 0.3 is 5.97 Å². The number of ether oxygens (including phenoxy) is 1. The van der Waals surface area contributed by atoms with Crippen LogP contribution in [0.2, 0.25) is 0 Å². The zero-order chi connectivity index (χ0) is 18.4. The first-order valence-electron chi connectivity index (χ1n) is 10.2. The molecule has 0 unspecified atom stereocenters. The summed E-state index contributed by atoms with van der Waals surface area (Å²) < 4.78 is 5.30. The second-order valence-corrected chi connectivity index (χ2v) is 7.87. The maximum Gasteiger partial charge on any atom is 0.307 e. The lowest BCUT2D eigenvalue weighted by atomic mass is 10.0. The van der Waals surface area contributed by atoms with Crippen molar-refractivity contribution in [1.82, 2.24) is 19.6 Å². The first-order valence-corrected chi connectivity index (χ1v) is 10.2. The van der Waals surface area contributed by atoms with E-state index in [0.29, 0.717) is 26.0 Å². The molecule has 3 rings (SSSR count). The highest BCUT2D eigenvalue weighted by Crippen LogP contribution is 2.17. The van der Waals surface area contributed by atoms with Crippen molar-refractivity contribution < 1.29 is 14.3 Å². The maximum atomic E-state index is 11.9. The van der Waals surface area contributed by atoms with Gasteiger partial charge in [-0.2, -0.15) is 0 Å². The number of amides is 1. The fourth-order valence-electron chi connectivity index (χ4n) is 4.24. The largest absolute Gasteiger partial charge is 0.464 e. The second kappa shape index (κ2) is 9.67.